The van der Waals surface area contributed by atoms with Crippen LogP contribution in [0.15, 0.2) is 157 Å². The topological polar surface area (TPSA) is 0 Å². The van der Waals surface area contributed by atoms with Crippen molar-refractivity contribution in [1.82, 2.24) is 0 Å². The summed E-state index contributed by atoms with van der Waals surface area (Å²) < 4.78 is 0. The molecule has 0 radical (unpaired) electrons. The molecular weight excluding hydrogens is 629 g/mol. The molecule has 252 valence electrons. The zero-order chi connectivity index (χ0) is 35.0. The fourth-order valence-electron chi connectivity index (χ4n) is 9.53. The molecule has 0 spiro atoms. The number of hydrogen-bond acceptors (Lipinski definition) is 0. The van der Waals surface area contributed by atoms with Crippen LogP contribution in [0.1, 0.15) is 91.7 Å². The van der Waals surface area contributed by atoms with Gasteiger partial charge in [-0.05, 0) is 106 Å². The predicted molar refractivity (Wildman–Crippen MR) is 220 cm³/mol. The zero-order valence-electron chi connectivity index (χ0n) is 30.5. The van der Waals surface area contributed by atoms with Gasteiger partial charge in [-0.3, -0.25) is 0 Å². The van der Waals surface area contributed by atoms with Gasteiger partial charge in [-0.25, -0.2) is 0 Å². The second-order valence-electron chi connectivity index (χ2n) is 15.5. The Labute approximate surface area is 306 Å². The van der Waals surface area contributed by atoms with E-state index in [0.717, 1.165) is 25.7 Å². The first-order valence-electron chi connectivity index (χ1n) is 18.7. The van der Waals surface area contributed by atoms with Crippen molar-refractivity contribution in [2.24, 2.45) is 0 Å². The van der Waals surface area contributed by atoms with Crippen LogP contribution in [-0.4, -0.2) is 8.07 Å². The van der Waals surface area contributed by atoms with Gasteiger partial charge in [0, 0.05) is 11.1 Å². The molecule has 0 saturated carbocycles. The molecular formula is C50H48Si. The van der Waals surface area contributed by atoms with E-state index in [1.165, 1.54) is 55.6 Å². The number of hydrogen-bond donors (Lipinski definition) is 0. The summed E-state index contributed by atoms with van der Waals surface area (Å²) in [6, 6.07) is 54.0. The van der Waals surface area contributed by atoms with Gasteiger partial charge in [0.1, 0.15) is 0 Å². The van der Waals surface area contributed by atoms with E-state index in [1.807, 2.05) is 0 Å². The molecule has 0 N–H and O–H groups in total. The van der Waals surface area contributed by atoms with Crippen LogP contribution in [0.5, 0.6) is 0 Å². The highest BCUT2D eigenvalue weighted by molar-refractivity contribution is 6.81. The second kappa shape index (κ2) is 14.0. The predicted octanol–water partition coefficient (Wildman–Crippen LogP) is 12.5. The molecule has 0 saturated heterocycles. The third-order valence-corrected chi connectivity index (χ3v) is 16.2. The van der Waals surface area contributed by atoms with Crippen LogP contribution in [0.2, 0.25) is 13.1 Å². The lowest BCUT2D eigenvalue weighted by atomic mass is 9.89. The van der Waals surface area contributed by atoms with Gasteiger partial charge in [0.25, 0.3) is 0 Å². The Kier molecular flexibility index (Phi) is 9.09. The average molecular weight is 677 g/mol. The highest BCUT2D eigenvalue weighted by Crippen LogP contribution is 2.53. The van der Waals surface area contributed by atoms with Gasteiger partial charge in [0.2, 0.25) is 0 Å². The van der Waals surface area contributed by atoms with Crippen LogP contribution in [0.4, 0.5) is 0 Å². The van der Waals surface area contributed by atoms with Crippen LogP contribution in [-0.2, 0) is 25.7 Å². The lowest BCUT2D eigenvalue weighted by Gasteiger charge is -2.39. The van der Waals surface area contributed by atoms with Gasteiger partial charge in [0.15, 0.2) is 0 Å². The summed E-state index contributed by atoms with van der Waals surface area (Å²) in [5.41, 5.74) is 21.5. The first kappa shape index (κ1) is 33.2. The van der Waals surface area contributed by atoms with Crippen molar-refractivity contribution >= 4 is 20.2 Å². The Morgan fingerprint density at radius 2 is 0.706 bits per heavy atom. The van der Waals surface area contributed by atoms with Crippen LogP contribution in [0, 0.1) is 0 Å². The van der Waals surface area contributed by atoms with E-state index >= 15 is 0 Å². The Hall–Kier alpha value is -4.98. The van der Waals surface area contributed by atoms with Crippen LogP contribution < -0.4 is 0 Å². The SMILES string of the molecule is CC1=Cc2c(ccc(Cc3ccccc3)c2Cc2ccccc2)C1[Si](C)(C)C1C(C)=Cc2c1ccc(Cc1ccccc1)c2Cc1ccccc1. The molecule has 6 aromatic rings. The smallest absolute Gasteiger partial charge is 0.0679 e. The Balaban J connectivity index is 1.20. The van der Waals surface area contributed by atoms with E-state index in [0.29, 0.717) is 11.1 Å². The number of benzene rings is 6. The summed E-state index contributed by atoms with van der Waals surface area (Å²) in [5, 5.41) is 0. The second-order valence-corrected chi connectivity index (χ2v) is 20.3. The van der Waals surface area contributed by atoms with Crippen molar-refractivity contribution < 1.29 is 0 Å². The van der Waals surface area contributed by atoms with Crippen molar-refractivity contribution in [2.45, 2.75) is 63.7 Å². The van der Waals surface area contributed by atoms with Crippen LogP contribution in [0.25, 0.3) is 12.2 Å². The highest BCUT2D eigenvalue weighted by atomic mass is 28.3. The van der Waals surface area contributed by atoms with Gasteiger partial charge in [-0.2, -0.15) is 0 Å². The number of rotatable bonds is 10. The van der Waals surface area contributed by atoms with Crippen molar-refractivity contribution in [1.29, 1.82) is 0 Å². The summed E-state index contributed by atoms with van der Waals surface area (Å²) in [6.07, 6.45) is 8.98. The highest BCUT2D eigenvalue weighted by Gasteiger charge is 2.47. The minimum Gasteiger partial charge on any atom is -0.0679 e. The number of fused-ring (bicyclic) bond motifs is 2. The van der Waals surface area contributed by atoms with Gasteiger partial charge in [-0.1, -0.05) is 182 Å². The zero-order valence-corrected chi connectivity index (χ0v) is 31.5. The maximum absolute atomic E-state index is 2.67. The molecule has 8 rings (SSSR count). The molecule has 6 aromatic carbocycles. The Morgan fingerprint density at radius 1 is 0.392 bits per heavy atom. The van der Waals surface area contributed by atoms with Crippen molar-refractivity contribution in [3.05, 3.63) is 224 Å². The summed E-state index contributed by atoms with van der Waals surface area (Å²) in [7, 11) is -2.02. The van der Waals surface area contributed by atoms with E-state index in [9.17, 15) is 0 Å². The van der Waals surface area contributed by atoms with Crippen LogP contribution in [0.3, 0.4) is 0 Å². The average Bonchev–Trinajstić information content (AvgIpc) is 3.69. The van der Waals surface area contributed by atoms with E-state index in [2.05, 4.69) is 185 Å². The molecule has 2 unspecified atom stereocenters. The minimum atomic E-state index is -2.02. The van der Waals surface area contributed by atoms with Gasteiger partial charge in [-0.15, -0.1) is 0 Å². The maximum atomic E-state index is 2.67. The maximum Gasteiger partial charge on any atom is 0.0722 e. The molecule has 0 fully saturated rings. The van der Waals surface area contributed by atoms with E-state index in [4.69, 9.17) is 0 Å². The van der Waals surface area contributed by atoms with Gasteiger partial charge in [0.05, 0.1) is 8.07 Å². The molecule has 0 heterocycles. The van der Waals surface area contributed by atoms with Gasteiger partial charge < -0.3 is 0 Å². The summed E-state index contributed by atoms with van der Waals surface area (Å²) in [5.74, 6) is 0. The Bertz CT molecular complexity index is 2060. The largest absolute Gasteiger partial charge is 0.0722 e. The van der Waals surface area contributed by atoms with Crippen molar-refractivity contribution in [3.63, 3.8) is 0 Å². The molecule has 2 aliphatic carbocycles. The standard InChI is InChI=1S/C50H48Si/c1-35-29-47-43(27-25-41(31-37-17-9-5-10-18-37)45(47)33-39-21-13-7-14-22-39)49(35)51(3,4)50-36(2)30-48-44(50)28-26-42(32-38-19-11-6-12-20-38)46(48)34-40-23-15-8-16-24-40/h5-30,49-50H,31-34H2,1-4H3. The first-order valence-corrected chi connectivity index (χ1v) is 21.8. The van der Waals surface area contributed by atoms with Crippen LogP contribution >= 0.6 is 0 Å². The molecule has 0 aromatic heterocycles. The molecule has 0 bridgehead atoms. The third-order valence-electron chi connectivity index (χ3n) is 11.7. The quantitative estimate of drug-likeness (QED) is 0.127. The minimum absolute atomic E-state index is 0.466. The molecule has 2 aliphatic rings. The molecule has 0 nitrogen and oxygen atoms in total. The summed E-state index contributed by atoms with van der Waals surface area (Å²) >= 11 is 0. The van der Waals surface area contributed by atoms with E-state index in [1.54, 1.807) is 22.3 Å². The lowest BCUT2D eigenvalue weighted by molar-refractivity contribution is 0.958. The van der Waals surface area contributed by atoms with Crippen molar-refractivity contribution in [2.75, 3.05) is 0 Å². The molecule has 51 heavy (non-hydrogen) atoms. The molecule has 0 amide bonds. The summed E-state index contributed by atoms with van der Waals surface area (Å²) in [4.78, 5) is 0. The lowest BCUT2D eigenvalue weighted by Crippen LogP contribution is -2.42. The molecule has 1 heteroatoms. The monoisotopic (exact) mass is 676 g/mol. The third kappa shape index (κ3) is 6.52. The fourth-order valence-corrected chi connectivity index (χ4v) is 14.5. The molecule has 0 aliphatic heterocycles. The van der Waals surface area contributed by atoms with Gasteiger partial charge >= 0.3 is 0 Å². The van der Waals surface area contributed by atoms with E-state index in [-0.39, 0.29) is 0 Å². The normalized spacial score (nSPS) is 16.4. The Morgan fingerprint density at radius 3 is 1.04 bits per heavy atom. The van der Waals surface area contributed by atoms with Crippen molar-refractivity contribution in [3.8, 4) is 0 Å². The fraction of sp³-hybridized carbons (Fsp3) is 0.200. The summed E-state index contributed by atoms with van der Waals surface area (Å²) in [6.45, 7) is 10.2. The first-order chi connectivity index (χ1) is 24.9. The number of allylic oxidation sites excluding steroid dienone is 2. The van der Waals surface area contributed by atoms with E-state index < -0.39 is 8.07 Å². The molecule has 2 atom stereocenters.